The van der Waals surface area contributed by atoms with Crippen molar-refractivity contribution >= 4 is 5.69 Å². The summed E-state index contributed by atoms with van der Waals surface area (Å²) >= 11 is 0. The minimum absolute atomic E-state index is 0.140. The molecule has 0 spiro atoms. The Labute approximate surface area is 117 Å². The molecule has 0 saturated heterocycles. The molecule has 1 aromatic rings. The molecule has 0 aromatic heterocycles. The summed E-state index contributed by atoms with van der Waals surface area (Å²) in [5, 5.41) is 23.3. The number of nitrogens with one attached hydrogen (secondary N) is 1. The van der Waals surface area contributed by atoms with E-state index in [1.165, 1.54) is 12.1 Å². The summed E-state index contributed by atoms with van der Waals surface area (Å²) in [7, 11) is 0. The summed E-state index contributed by atoms with van der Waals surface area (Å²) < 4.78 is 13.3. The van der Waals surface area contributed by atoms with Crippen molar-refractivity contribution < 1.29 is 14.4 Å². The van der Waals surface area contributed by atoms with Crippen molar-refractivity contribution in [3.8, 4) is 0 Å². The Bertz CT molecular complexity index is 481. The van der Waals surface area contributed by atoms with Crippen LogP contribution in [-0.4, -0.2) is 22.7 Å². The third kappa shape index (κ3) is 3.74. The monoisotopic (exact) mass is 282 g/mol. The van der Waals surface area contributed by atoms with E-state index in [2.05, 4.69) is 5.32 Å². The number of rotatable bonds is 5. The highest BCUT2D eigenvalue weighted by Crippen LogP contribution is 2.24. The van der Waals surface area contributed by atoms with Crippen LogP contribution in [0.4, 0.5) is 10.1 Å². The van der Waals surface area contributed by atoms with Crippen molar-refractivity contribution in [2.75, 3.05) is 6.61 Å². The number of benzene rings is 1. The molecule has 0 amide bonds. The SMILES string of the molecule is O=[N+]([O-])c1cc(F)cc(CNC2CCCCC2CO)c1. The van der Waals surface area contributed by atoms with Crippen LogP contribution in [0.2, 0.25) is 0 Å². The molecular weight excluding hydrogens is 263 g/mol. The van der Waals surface area contributed by atoms with Crippen LogP contribution in [0, 0.1) is 21.8 Å². The molecule has 110 valence electrons. The van der Waals surface area contributed by atoms with E-state index in [-0.39, 0.29) is 24.3 Å². The van der Waals surface area contributed by atoms with Crippen molar-refractivity contribution in [3.05, 3.63) is 39.7 Å². The first-order valence-electron chi connectivity index (χ1n) is 6.88. The predicted molar refractivity (Wildman–Crippen MR) is 72.7 cm³/mol. The average Bonchev–Trinajstić information content (AvgIpc) is 2.44. The van der Waals surface area contributed by atoms with E-state index in [1.54, 1.807) is 0 Å². The fraction of sp³-hybridized carbons (Fsp3) is 0.571. The number of hydrogen-bond acceptors (Lipinski definition) is 4. The van der Waals surface area contributed by atoms with Gasteiger partial charge in [-0.15, -0.1) is 0 Å². The van der Waals surface area contributed by atoms with Crippen LogP contribution < -0.4 is 5.32 Å². The molecule has 2 unspecified atom stereocenters. The van der Waals surface area contributed by atoms with E-state index >= 15 is 0 Å². The van der Waals surface area contributed by atoms with E-state index < -0.39 is 10.7 Å². The molecule has 20 heavy (non-hydrogen) atoms. The maximum Gasteiger partial charge on any atom is 0.272 e. The molecule has 0 heterocycles. The minimum atomic E-state index is -0.599. The molecule has 0 radical (unpaired) electrons. The number of nitro groups is 1. The van der Waals surface area contributed by atoms with Crippen LogP contribution in [0.5, 0.6) is 0 Å². The molecule has 0 bridgehead atoms. The van der Waals surface area contributed by atoms with Crippen molar-refractivity contribution in [1.82, 2.24) is 5.32 Å². The van der Waals surface area contributed by atoms with Crippen LogP contribution in [0.15, 0.2) is 18.2 Å². The molecular formula is C14H19FN2O3. The van der Waals surface area contributed by atoms with Gasteiger partial charge in [0.05, 0.1) is 11.0 Å². The fourth-order valence-corrected chi connectivity index (χ4v) is 2.78. The number of nitrogens with zero attached hydrogens (tertiary/aromatic N) is 1. The molecule has 2 rings (SSSR count). The molecule has 1 aliphatic rings. The number of non-ortho nitro benzene ring substituents is 1. The van der Waals surface area contributed by atoms with Gasteiger partial charge in [-0.1, -0.05) is 12.8 Å². The summed E-state index contributed by atoms with van der Waals surface area (Å²) in [6, 6.07) is 3.79. The van der Waals surface area contributed by atoms with Gasteiger partial charge >= 0.3 is 0 Å². The first kappa shape index (κ1) is 14.9. The summed E-state index contributed by atoms with van der Waals surface area (Å²) in [6.07, 6.45) is 4.19. The van der Waals surface area contributed by atoms with Crippen molar-refractivity contribution in [1.29, 1.82) is 0 Å². The second-order valence-electron chi connectivity index (χ2n) is 5.29. The van der Waals surface area contributed by atoms with Crippen LogP contribution >= 0.6 is 0 Å². The van der Waals surface area contributed by atoms with Crippen molar-refractivity contribution in [3.63, 3.8) is 0 Å². The Kier molecular flexibility index (Phi) is 5.03. The lowest BCUT2D eigenvalue weighted by Gasteiger charge is -2.31. The molecule has 5 nitrogen and oxygen atoms in total. The van der Waals surface area contributed by atoms with Gasteiger partial charge in [0.25, 0.3) is 5.69 Å². The maximum absolute atomic E-state index is 13.3. The molecule has 1 aromatic carbocycles. The molecule has 1 fully saturated rings. The van der Waals surface area contributed by atoms with Gasteiger partial charge in [-0.05, 0) is 30.4 Å². The van der Waals surface area contributed by atoms with Gasteiger partial charge in [0.1, 0.15) is 5.82 Å². The Morgan fingerprint density at radius 3 is 2.80 bits per heavy atom. The summed E-state index contributed by atoms with van der Waals surface area (Å²) in [4.78, 5) is 10.1. The Morgan fingerprint density at radius 1 is 1.35 bits per heavy atom. The van der Waals surface area contributed by atoms with E-state index in [0.717, 1.165) is 31.7 Å². The number of nitro benzene ring substituents is 1. The molecule has 0 aliphatic heterocycles. The third-order valence-corrected chi connectivity index (χ3v) is 3.87. The Morgan fingerprint density at radius 2 is 2.10 bits per heavy atom. The van der Waals surface area contributed by atoms with E-state index in [4.69, 9.17) is 0 Å². The number of aliphatic hydroxyl groups excluding tert-OH is 1. The van der Waals surface area contributed by atoms with Crippen LogP contribution in [0.3, 0.4) is 0 Å². The number of hydrogen-bond donors (Lipinski definition) is 2. The summed E-state index contributed by atoms with van der Waals surface area (Å²) in [5.74, 6) is -0.384. The lowest BCUT2D eigenvalue weighted by molar-refractivity contribution is -0.385. The van der Waals surface area contributed by atoms with Gasteiger partial charge in [-0.25, -0.2) is 4.39 Å². The average molecular weight is 282 g/mol. The molecule has 2 atom stereocenters. The lowest BCUT2D eigenvalue weighted by atomic mass is 9.85. The number of aliphatic hydroxyl groups is 1. The zero-order chi connectivity index (χ0) is 14.5. The van der Waals surface area contributed by atoms with Crippen LogP contribution in [0.1, 0.15) is 31.2 Å². The van der Waals surface area contributed by atoms with Crippen LogP contribution in [0.25, 0.3) is 0 Å². The second-order valence-corrected chi connectivity index (χ2v) is 5.29. The largest absolute Gasteiger partial charge is 0.396 e. The fourth-order valence-electron chi connectivity index (χ4n) is 2.78. The Hall–Kier alpha value is -1.53. The highest BCUT2D eigenvalue weighted by atomic mass is 19.1. The third-order valence-electron chi connectivity index (χ3n) is 3.87. The lowest BCUT2D eigenvalue weighted by Crippen LogP contribution is -2.39. The van der Waals surface area contributed by atoms with Crippen LogP contribution in [-0.2, 0) is 6.54 Å². The van der Waals surface area contributed by atoms with E-state index in [0.29, 0.717) is 12.1 Å². The first-order valence-corrected chi connectivity index (χ1v) is 6.88. The van der Waals surface area contributed by atoms with Gasteiger partial charge in [0.15, 0.2) is 0 Å². The van der Waals surface area contributed by atoms with Crippen molar-refractivity contribution in [2.24, 2.45) is 5.92 Å². The minimum Gasteiger partial charge on any atom is -0.396 e. The standard InChI is InChI=1S/C14H19FN2O3/c15-12-5-10(6-13(7-12)17(19)20)8-16-14-4-2-1-3-11(14)9-18/h5-7,11,14,16,18H,1-4,8-9H2. The van der Waals surface area contributed by atoms with Gasteiger partial charge in [-0.2, -0.15) is 0 Å². The molecule has 1 aliphatic carbocycles. The Balaban J connectivity index is 2.01. The maximum atomic E-state index is 13.3. The molecule has 6 heteroatoms. The summed E-state index contributed by atoms with van der Waals surface area (Å²) in [6.45, 7) is 0.515. The topological polar surface area (TPSA) is 75.4 Å². The van der Waals surface area contributed by atoms with Gasteiger partial charge < -0.3 is 10.4 Å². The summed E-state index contributed by atoms with van der Waals surface area (Å²) in [5.41, 5.74) is 0.322. The van der Waals surface area contributed by atoms with Gasteiger partial charge in [0, 0.05) is 25.3 Å². The molecule has 2 N–H and O–H groups in total. The smallest absolute Gasteiger partial charge is 0.272 e. The highest BCUT2D eigenvalue weighted by Gasteiger charge is 2.24. The number of halogens is 1. The second kappa shape index (κ2) is 6.76. The zero-order valence-corrected chi connectivity index (χ0v) is 11.2. The quantitative estimate of drug-likeness (QED) is 0.642. The van der Waals surface area contributed by atoms with E-state index in [1.807, 2.05) is 0 Å². The highest BCUT2D eigenvalue weighted by molar-refractivity contribution is 5.35. The zero-order valence-electron chi connectivity index (χ0n) is 11.2. The van der Waals surface area contributed by atoms with E-state index in [9.17, 15) is 19.6 Å². The first-order chi connectivity index (χ1) is 9.60. The van der Waals surface area contributed by atoms with Gasteiger partial charge in [-0.3, -0.25) is 10.1 Å². The molecule has 1 saturated carbocycles. The normalized spacial score (nSPS) is 22.7. The van der Waals surface area contributed by atoms with Gasteiger partial charge in [0.2, 0.25) is 0 Å². The predicted octanol–water partition coefficient (Wildman–Crippen LogP) is 2.37. The van der Waals surface area contributed by atoms with Crippen molar-refractivity contribution in [2.45, 2.75) is 38.3 Å².